The molecule has 4 aliphatic carbocycles. The van der Waals surface area contributed by atoms with Crippen molar-refractivity contribution in [1.82, 2.24) is 15.6 Å². The number of hydrogen-bond acceptors (Lipinski definition) is 5. The van der Waals surface area contributed by atoms with Crippen molar-refractivity contribution in [3.05, 3.63) is 35.2 Å². The molecule has 1 heterocycles. The Bertz CT molecular complexity index is 1070. The van der Waals surface area contributed by atoms with E-state index in [1.807, 2.05) is 36.6 Å². The molecule has 2 aromatic rings. The number of carbonyl (C=O) groups is 3. The van der Waals surface area contributed by atoms with Gasteiger partial charge in [0.05, 0.1) is 18.3 Å². The summed E-state index contributed by atoms with van der Waals surface area (Å²) in [7, 11) is 0. The maximum atomic E-state index is 12.7. The van der Waals surface area contributed by atoms with Crippen LogP contribution < -0.4 is 16.0 Å². The van der Waals surface area contributed by atoms with E-state index in [1.54, 1.807) is 0 Å². The zero-order valence-corrected chi connectivity index (χ0v) is 21.2. The highest BCUT2D eigenvalue weighted by Crippen LogP contribution is 2.61. The molecule has 4 saturated carbocycles. The number of carbonyl (C=O) groups excluding carboxylic acids is 3. The van der Waals surface area contributed by atoms with E-state index in [0.29, 0.717) is 11.6 Å². The Kier molecular flexibility index (Phi) is 6.66. The summed E-state index contributed by atoms with van der Waals surface area (Å²) in [5.74, 6) is 2.11. The van der Waals surface area contributed by atoms with Crippen molar-refractivity contribution >= 4 is 34.2 Å². The van der Waals surface area contributed by atoms with Crippen LogP contribution in [0.2, 0.25) is 0 Å². The molecule has 1 aromatic heterocycles. The lowest BCUT2D eigenvalue weighted by Gasteiger charge is -2.56. The molecule has 3 amide bonds. The summed E-state index contributed by atoms with van der Waals surface area (Å²) in [6, 6.07) is 7.78. The van der Waals surface area contributed by atoms with Gasteiger partial charge in [-0.05, 0) is 74.2 Å². The van der Waals surface area contributed by atoms with Crippen LogP contribution in [0, 0.1) is 23.2 Å². The molecule has 1 unspecified atom stereocenters. The van der Waals surface area contributed by atoms with Crippen LogP contribution in [0.4, 0.5) is 5.13 Å². The number of hydrogen-bond donors (Lipinski definition) is 3. The fourth-order valence-electron chi connectivity index (χ4n) is 7.05. The van der Waals surface area contributed by atoms with Crippen molar-refractivity contribution in [3.63, 3.8) is 0 Å². The minimum Gasteiger partial charge on any atom is -0.350 e. The van der Waals surface area contributed by atoms with E-state index in [9.17, 15) is 14.4 Å². The number of nitrogens with one attached hydrogen (secondary N) is 3. The molecule has 0 radical (unpaired) electrons. The molecule has 1 aromatic carbocycles. The largest absolute Gasteiger partial charge is 0.350 e. The molecule has 0 spiro atoms. The van der Waals surface area contributed by atoms with Gasteiger partial charge in [0.2, 0.25) is 17.7 Å². The highest BCUT2D eigenvalue weighted by atomic mass is 32.1. The van der Waals surface area contributed by atoms with Gasteiger partial charge in [-0.25, -0.2) is 4.98 Å². The van der Waals surface area contributed by atoms with Crippen LogP contribution in [0.5, 0.6) is 0 Å². The minimum absolute atomic E-state index is 0.00416. The summed E-state index contributed by atoms with van der Waals surface area (Å²) in [4.78, 5) is 40.9. The van der Waals surface area contributed by atoms with Crippen molar-refractivity contribution in [1.29, 1.82) is 0 Å². The lowest BCUT2D eigenvalue weighted by atomic mass is 9.49. The number of nitrogens with zero attached hydrogens (tertiary/aromatic N) is 1. The first-order chi connectivity index (χ1) is 16.8. The third kappa shape index (κ3) is 5.58. The van der Waals surface area contributed by atoms with Crippen molar-refractivity contribution in [2.45, 2.75) is 64.8 Å². The summed E-state index contributed by atoms with van der Waals surface area (Å²) < 4.78 is 0. The molecule has 0 aliphatic heterocycles. The predicted molar refractivity (Wildman–Crippen MR) is 137 cm³/mol. The van der Waals surface area contributed by atoms with E-state index in [0.717, 1.165) is 34.6 Å². The maximum Gasteiger partial charge on any atom is 0.245 e. The van der Waals surface area contributed by atoms with Crippen LogP contribution in [-0.4, -0.2) is 29.3 Å². The van der Waals surface area contributed by atoms with Gasteiger partial charge in [0.1, 0.15) is 0 Å². The molecule has 4 aliphatic rings. The Morgan fingerprint density at radius 1 is 1.03 bits per heavy atom. The normalized spacial score (nSPS) is 27.3. The van der Waals surface area contributed by atoms with Gasteiger partial charge in [-0.15, -0.1) is 11.3 Å². The second-order valence-corrected chi connectivity index (χ2v) is 11.9. The monoisotopic (exact) mass is 494 g/mol. The summed E-state index contributed by atoms with van der Waals surface area (Å²) in [6.45, 7) is 3.41. The Labute approximate surface area is 210 Å². The van der Waals surface area contributed by atoms with Gasteiger partial charge in [-0.2, -0.15) is 0 Å². The Hall–Kier alpha value is -2.74. The van der Waals surface area contributed by atoms with Gasteiger partial charge >= 0.3 is 0 Å². The summed E-state index contributed by atoms with van der Waals surface area (Å²) in [6.07, 6.45) is 8.20. The number of amides is 3. The van der Waals surface area contributed by atoms with Crippen LogP contribution in [0.15, 0.2) is 29.6 Å². The number of aromatic nitrogens is 1. The first-order valence-electron chi connectivity index (χ1n) is 12.7. The van der Waals surface area contributed by atoms with Crippen LogP contribution >= 0.6 is 11.3 Å². The Balaban J connectivity index is 1.10. The van der Waals surface area contributed by atoms with Crippen LogP contribution in [-0.2, 0) is 14.4 Å². The Morgan fingerprint density at radius 3 is 2.26 bits per heavy atom. The highest BCUT2D eigenvalue weighted by Gasteiger charge is 2.51. The zero-order chi connectivity index (χ0) is 24.6. The summed E-state index contributed by atoms with van der Waals surface area (Å²) in [5.41, 5.74) is 2.89. The third-order valence-corrected chi connectivity index (χ3v) is 8.78. The SMILES string of the molecule is CC(=O)NC(C)c1ccc(-c2csc(NC(=O)CNC(=O)CC34CC5CC(CC(C5)C3)C4)n2)cc1. The molecule has 1 atom stereocenters. The Morgan fingerprint density at radius 2 is 1.66 bits per heavy atom. The lowest BCUT2D eigenvalue weighted by molar-refractivity contribution is -0.131. The van der Waals surface area contributed by atoms with Crippen molar-refractivity contribution < 1.29 is 14.4 Å². The minimum atomic E-state index is -0.260. The van der Waals surface area contributed by atoms with Gasteiger partial charge in [0.15, 0.2) is 5.13 Å². The third-order valence-electron chi connectivity index (χ3n) is 8.02. The van der Waals surface area contributed by atoms with E-state index in [-0.39, 0.29) is 35.7 Å². The summed E-state index contributed by atoms with van der Waals surface area (Å²) >= 11 is 1.36. The molecule has 3 N–H and O–H groups in total. The number of anilines is 1. The number of rotatable bonds is 8. The molecule has 8 heteroatoms. The average molecular weight is 495 g/mol. The van der Waals surface area contributed by atoms with E-state index in [2.05, 4.69) is 20.9 Å². The molecule has 4 bridgehead atoms. The highest BCUT2D eigenvalue weighted by molar-refractivity contribution is 7.14. The van der Waals surface area contributed by atoms with E-state index in [1.165, 1.54) is 56.8 Å². The van der Waals surface area contributed by atoms with E-state index in [4.69, 9.17) is 0 Å². The molecule has 6 rings (SSSR count). The van der Waals surface area contributed by atoms with Crippen molar-refractivity contribution in [3.8, 4) is 11.3 Å². The number of benzene rings is 1. The van der Waals surface area contributed by atoms with Crippen molar-refractivity contribution in [2.75, 3.05) is 11.9 Å². The smallest absolute Gasteiger partial charge is 0.245 e. The second kappa shape index (κ2) is 9.72. The quantitative estimate of drug-likeness (QED) is 0.497. The fourth-order valence-corrected chi connectivity index (χ4v) is 7.78. The van der Waals surface area contributed by atoms with Gasteiger partial charge in [0.25, 0.3) is 0 Å². The average Bonchev–Trinajstić information content (AvgIpc) is 3.24. The van der Waals surface area contributed by atoms with Crippen LogP contribution in [0.25, 0.3) is 11.3 Å². The number of thiazole rings is 1. The summed E-state index contributed by atoms with van der Waals surface area (Å²) in [5, 5.41) is 10.9. The first-order valence-corrected chi connectivity index (χ1v) is 13.5. The fraction of sp³-hybridized carbons (Fsp3) is 0.556. The molecule has 4 fully saturated rings. The van der Waals surface area contributed by atoms with Crippen LogP contribution in [0.3, 0.4) is 0 Å². The predicted octanol–water partition coefficient (Wildman–Crippen LogP) is 4.67. The topological polar surface area (TPSA) is 100 Å². The first kappa shape index (κ1) is 24.0. The van der Waals surface area contributed by atoms with Gasteiger partial charge in [-0.1, -0.05) is 24.3 Å². The van der Waals surface area contributed by atoms with Crippen molar-refractivity contribution in [2.24, 2.45) is 23.2 Å². The standard InChI is InChI=1S/C27H34N4O3S/c1-16(29-17(2)32)21-3-5-22(6-4-21)23-15-35-26(30-23)31-25(34)14-28-24(33)13-27-10-18-7-19(11-27)9-20(8-18)12-27/h3-6,15-16,18-20H,7-14H2,1-2H3,(H,28,33)(H,29,32)(H,30,31,34). The molecular formula is C27H34N4O3S. The molecule has 7 nitrogen and oxygen atoms in total. The maximum absolute atomic E-state index is 12.7. The van der Waals surface area contributed by atoms with Gasteiger partial charge < -0.3 is 16.0 Å². The second-order valence-electron chi connectivity index (χ2n) is 11.0. The van der Waals surface area contributed by atoms with Crippen LogP contribution in [0.1, 0.15) is 70.4 Å². The van der Waals surface area contributed by atoms with Gasteiger partial charge in [0, 0.05) is 24.3 Å². The zero-order valence-electron chi connectivity index (χ0n) is 20.4. The van der Waals surface area contributed by atoms with Gasteiger partial charge in [-0.3, -0.25) is 14.4 Å². The molecule has 186 valence electrons. The van der Waals surface area contributed by atoms with E-state index < -0.39 is 0 Å². The van der Waals surface area contributed by atoms with E-state index >= 15 is 0 Å². The molecular weight excluding hydrogens is 460 g/mol. The lowest BCUT2D eigenvalue weighted by Crippen LogP contribution is -2.48. The molecule has 0 saturated heterocycles. The molecule has 35 heavy (non-hydrogen) atoms.